The molecule has 1 atom stereocenters. The zero-order chi connectivity index (χ0) is 20.3. The van der Waals surface area contributed by atoms with E-state index in [1.54, 1.807) is 12.1 Å². The summed E-state index contributed by atoms with van der Waals surface area (Å²) in [6.07, 6.45) is 3.11. The molecule has 146 valence electrons. The van der Waals surface area contributed by atoms with Crippen molar-refractivity contribution in [2.24, 2.45) is 27.8 Å². The van der Waals surface area contributed by atoms with Crippen molar-refractivity contribution in [3.05, 3.63) is 40.1 Å². The topological polar surface area (TPSA) is 134 Å². The average molecular weight is 462 g/mol. The first kappa shape index (κ1) is 20.4. The minimum absolute atomic E-state index is 0.0594. The Bertz CT molecular complexity index is 898. The maximum atomic E-state index is 12.3. The molecule has 28 heavy (non-hydrogen) atoms. The van der Waals surface area contributed by atoms with Crippen LogP contribution in [0.2, 0.25) is 0 Å². The molecule has 0 saturated heterocycles. The number of nitrogens with zero attached hydrogens (tertiary/aromatic N) is 2. The third kappa shape index (κ3) is 3.93. The molecule has 2 amide bonds. The largest absolute Gasteiger partial charge is 0.383 e. The number of primary amides is 1. The summed E-state index contributed by atoms with van der Waals surface area (Å²) in [6, 6.07) is 9.36. The number of carbonyl (C=O) groups excluding carboxylic acids is 2. The third-order valence-electron chi connectivity index (χ3n) is 5.16. The van der Waals surface area contributed by atoms with Crippen LogP contribution >= 0.6 is 27.7 Å². The summed E-state index contributed by atoms with van der Waals surface area (Å²) < 4.78 is 0.915. The lowest BCUT2D eigenvalue weighted by Gasteiger charge is -2.38. The van der Waals surface area contributed by atoms with E-state index in [0.29, 0.717) is 29.1 Å². The Morgan fingerprint density at radius 1 is 1.32 bits per heavy atom. The number of aliphatic imine (C=N–C) groups is 1. The molecule has 1 heterocycles. The molecule has 3 rings (SSSR count). The zero-order valence-electron chi connectivity index (χ0n) is 15.1. The van der Waals surface area contributed by atoms with E-state index in [0.717, 1.165) is 29.1 Å². The molecule has 1 aliphatic carbocycles. The highest BCUT2D eigenvalue weighted by molar-refractivity contribution is 9.10. The van der Waals surface area contributed by atoms with Crippen LogP contribution in [0, 0.1) is 22.7 Å². The number of hydrogen-bond donors (Lipinski definition) is 3. The van der Waals surface area contributed by atoms with E-state index in [1.807, 2.05) is 12.1 Å². The van der Waals surface area contributed by atoms with Crippen molar-refractivity contribution in [2.75, 3.05) is 11.1 Å². The van der Waals surface area contributed by atoms with Crippen LogP contribution in [0.3, 0.4) is 0 Å². The highest BCUT2D eigenvalue weighted by atomic mass is 79.9. The Labute approximate surface area is 175 Å². The molecule has 0 aromatic heterocycles. The molecule has 1 spiro atoms. The van der Waals surface area contributed by atoms with Crippen LogP contribution in [-0.2, 0) is 9.59 Å². The standard InChI is InChI=1S/C19H20BrN5O2S/c20-11-3-5-12(6-4-11)24-14(26)10-28-18-15(17(23)27)19(7-1-2-8-19)13(9-21)16(22)25-18/h3-6,15H,1-2,7-8,10,22H2,(H2,23,27)(H,24,26). The lowest BCUT2D eigenvalue weighted by atomic mass is 9.67. The second-order valence-electron chi connectivity index (χ2n) is 6.86. The molecule has 0 bridgehead atoms. The number of halogens is 1. The number of carbonyl (C=O) groups is 2. The van der Waals surface area contributed by atoms with E-state index >= 15 is 0 Å². The number of nitrogens with two attached hydrogens (primary N) is 2. The van der Waals surface area contributed by atoms with E-state index < -0.39 is 17.2 Å². The Morgan fingerprint density at radius 3 is 2.54 bits per heavy atom. The van der Waals surface area contributed by atoms with Crippen LogP contribution in [-0.4, -0.2) is 22.6 Å². The van der Waals surface area contributed by atoms with Gasteiger partial charge in [0.2, 0.25) is 11.8 Å². The van der Waals surface area contributed by atoms with Crippen molar-refractivity contribution in [2.45, 2.75) is 25.7 Å². The molecule has 1 unspecified atom stereocenters. The molecular formula is C19H20BrN5O2S. The van der Waals surface area contributed by atoms with E-state index in [4.69, 9.17) is 11.5 Å². The monoisotopic (exact) mass is 461 g/mol. The van der Waals surface area contributed by atoms with Crippen molar-refractivity contribution in [3.63, 3.8) is 0 Å². The summed E-state index contributed by atoms with van der Waals surface area (Å²) in [5, 5.41) is 12.8. The van der Waals surface area contributed by atoms with Crippen LogP contribution in [0.4, 0.5) is 5.69 Å². The summed E-state index contributed by atoms with van der Waals surface area (Å²) in [5.41, 5.74) is 12.1. The second-order valence-corrected chi connectivity index (χ2v) is 8.78. The Kier molecular flexibility index (Phi) is 6.10. The first-order valence-corrected chi connectivity index (χ1v) is 10.6. The lowest BCUT2D eigenvalue weighted by Crippen LogP contribution is -2.46. The fourth-order valence-electron chi connectivity index (χ4n) is 3.97. The Balaban J connectivity index is 1.79. The number of benzene rings is 1. The number of rotatable bonds is 4. The number of nitrogens with one attached hydrogen (secondary N) is 1. The SMILES string of the molecule is N#CC1=C(N)N=C(SCC(=O)Nc2ccc(Br)cc2)C(C(N)=O)C12CCCC2. The van der Waals surface area contributed by atoms with Crippen LogP contribution in [0.1, 0.15) is 25.7 Å². The number of anilines is 1. The predicted octanol–water partition coefficient (Wildman–Crippen LogP) is 2.89. The van der Waals surface area contributed by atoms with Crippen molar-refractivity contribution < 1.29 is 9.59 Å². The van der Waals surface area contributed by atoms with Gasteiger partial charge in [-0.1, -0.05) is 40.5 Å². The summed E-state index contributed by atoms with van der Waals surface area (Å²) in [5.74, 6) is -1.32. The van der Waals surface area contributed by atoms with E-state index in [1.165, 1.54) is 0 Å². The van der Waals surface area contributed by atoms with Gasteiger partial charge in [0.15, 0.2) is 0 Å². The van der Waals surface area contributed by atoms with E-state index in [9.17, 15) is 14.9 Å². The van der Waals surface area contributed by atoms with Gasteiger partial charge in [0.1, 0.15) is 5.82 Å². The second kappa shape index (κ2) is 8.37. The summed E-state index contributed by atoms with van der Waals surface area (Å²) in [7, 11) is 0. The maximum Gasteiger partial charge on any atom is 0.234 e. The first-order valence-electron chi connectivity index (χ1n) is 8.84. The Morgan fingerprint density at radius 2 is 1.96 bits per heavy atom. The van der Waals surface area contributed by atoms with Crippen molar-refractivity contribution in [1.82, 2.24) is 0 Å². The molecule has 7 nitrogen and oxygen atoms in total. The highest BCUT2D eigenvalue weighted by Gasteiger charge is 2.52. The van der Waals surface area contributed by atoms with Crippen molar-refractivity contribution in [3.8, 4) is 6.07 Å². The molecule has 9 heteroatoms. The smallest absolute Gasteiger partial charge is 0.234 e. The average Bonchev–Trinajstić information content (AvgIpc) is 3.11. The van der Waals surface area contributed by atoms with Gasteiger partial charge >= 0.3 is 0 Å². The first-order chi connectivity index (χ1) is 13.4. The van der Waals surface area contributed by atoms with Gasteiger partial charge in [-0.2, -0.15) is 5.26 Å². The lowest BCUT2D eigenvalue weighted by molar-refractivity contribution is -0.122. The molecule has 2 aliphatic rings. The number of thioether (sulfide) groups is 1. The summed E-state index contributed by atoms with van der Waals surface area (Å²) in [4.78, 5) is 28.9. The van der Waals surface area contributed by atoms with Gasteiger partial charge in [0, 0.05) is 15.6 Å². The van der Waals surface area contributed by atoms with Crippen molar-refractivity contribution >= 4 is 50.2 Å². The van der Waals surface area contributed by atoms with E-state index in [-0.39, 0.29) is 17.5 Å². The van der Waals surface area contributed by atoms with Gasteiger partial charge in [0.25, 0.3) is 0 Å². The molecule has 1 fully saturated rings. The molecule has 0 radical (unpaired) electrons. The van der Waals surface area contributed by atoms with Crippen LogP contribution in [0.15, 0.2) is 45.1 Å². The Hall–Kier alpha value is -2.31. The number of hydrogen-bond acceptors (Lipinski definition) is 6. The minimum atomic E-state index is -0.734. The maximum absolute atomic E-state index is 12.3. The van der Waals surface area contributed by atoms with Gasteiger partial charge in [0.05, 0.1) is 28.4 Å². The minimum Gasteiger partial charge on any atom is -0.383 e. The molecule has 1 aliphatic heterocycles. The quantitative estimate of drug-likeness (QED) is 0.633. The number of amides is 2. The molecule has 5 N–H and O–H groups in total. The summed E-state index contributed by atoms with van der Waals surface area (Å²) >= 11 is 4.49. The molecular weight excluding hydrogens is 442 g/mol. The molecule has 1 aromatic rings. The van der Waals surface area contributed by atoms with Gasteiger partial charge < -0.3 is 16.8 Å². The van der Waals surface area contributed by atoms with Crippen LogP contribution in [0.5, 0.6) is 0 Å². The fraction of sp³-hybridized carbons (Fsp3) is 0.368. The zero-order valence-corrected chi connectivity index (χ0v) is 17.5. The molecule has 1 saturated carbocycles. The van der Waals surface area contributed by atoms with Gasteiger partial charge in [-0.15, -0.1) is 0 Å². The van der Waals surface area contributed by atoms with Gasteiger partial charge in [-0.25, -0.2) is 4.99 Å². The highest BCUT2D eigenvalue weighted by Crippen LogP contribution is 2.53. The van der Waals surface area contributed by atoms with Gasteiger partial charge in [-0.05, 0) is 37.1 Å². The molecule has 1 aromatic carbocycles. The number of allylic oxidation sites excluding steroid dienone is 1. The number of nitriles is 1. The fourth-order valence-corrected chi connectivity index (χ4v) is 5.25. The predicted molar refractivity (Wildman–Crippen MR) is 113 cm³/mol. The third-order valence-corrected chi connectivity index (χ3v) is 6.71. The summed E-state index contributed by atoms with van der Waals surface area (Å²) in [6.45, 7) is 0. The van der Waals surface area contributed by atoms with Crippen LogP contribution in [0.25, 0.3) is 0 Å². The normalized spacial score (nSPS) is 20.6. The van der Waals surface area contributed by atoms with E-state index in [2.05, 4.69) is 32.3 Å². The van der Waals surface area contributed by atoms with Gasteiger partial charge in [-0.3, -0.25) is 9.59 Å². The van der Waals surface area contributed by atoms with Crippen LogP contribution < -0.4 is 16.8 Å². The van der Waals surface area contributed by atoms with Crippen molar-refractivity contribution in [1.29, 1.82) is 5.26 Å².